The van der Waals surface area contributed by atoms with E-state index in [1.807, 2.05) is 18.2 Å². The number of amides is 1. The number of carbonyl (C=O) groups excluding carboxylic acids is 1. The summed E-state index contributed by atoms with van der Waals surface area (Å²) in [6.07, 6.45) is 1.93. The molecule has 3 rings (SSSR count). The highest BCUT2D eigenvalue weighted by Crippen LogP contribution is 2.36. The van der Waals surface area contributed by atoms with Crippen LogP contribution in [0.1, 0.15) is 24.5 Å². The monoisotopic (exact) mass is 477 g/mol. The van der Waals surface area contributed by atoms with Gasteiger partial charge >= 0.3 is 5.97 Å². The summed E-state index contributed by atoms with van der Waals surface area (Å²) in [5.41, 5.74) is 1.55. The van der Waals surface area contributed by atoms with Crippen LogP contribution in [0.4, 0.5) is 0 Å². The third kappa shape index (κ3) is 5.20. The van der Waals surface area contributed by atoms with Gasteiger partial charge in [-0.3, -0.25) is 9.69 Å². The second-order valence-electron chi connectivity index (χ2n) is 6.60. The molecule has 0 aliphatic carbocycles. The van der Waals surface area contributed by atoms with Gasteiger partial charge in [-0.1, -0.05) is 66.8 Å². The van der Waals surface area contributed by atoms with Gasteiger partial charge in [0.15, 0.2) is 11.5 Å². The van der Waals surface area contributed by atoms with Crippen LogP contribution in [-0.4, -0.2) is 39.4 Å². The van der Waals surface area contributed by atoms with Gasteiger partial charge in [-0.25, -0.2) is 4.79 Å². The van der Waals surface area contributed by atoms with Gasteiger partial charge in [-0.2, -0.15) is 0 Å². The number of thioether (sulfide) groups is 1. The van der Waals surface area contributed by atoms with Gasteiger partial charge in [0.1, 0.15) is 17.0 Å². The number of carboxylic acid groups (broad SMARTS) is 1. The Morgan fingerprint density at radius 2 is 2.03 bits per heavy atom. The molecular weight excluding hydrogens is 458 g/mol. The summed E-state index contributed by atoms with van der Waals surface area (Å²) in [6.45, 7) is 1.98. The average Bonchev–Trinajstić information content (AvgIpc) is 3.02. The number of nitrogens with zero attached hydrogens (tertiary/aromatic N) is 1. The summed E-state index contributed by atoms with van der Waals surface area (Å²) in [5.74, 6) is -0.471. The molecule has 0 saturated carbocycles. The fourth-order valence-corrected chi connectivity index (χ4v) is 4.58. The van der Waals surface area contributed by atoms with Crippen LogP contribution in [0.25, 0.3) is 6.08 Å². The third-order valence-corrected chi connectivity index (χ3v) is 6.33. The standard InChI is InChI=1S/C22H20ClNO5S2/c1-3-16(21(26)27)24-20(25)19(31-22(24)30)11-13-8-9-17(18(10-13)28-2)29-12-14-6-4-5-7-15(14)23/h4-11,16H,3,12H2,1-2H3,(H,26,27). The fourth-order valence-electron chi connectivity index (χ4n) is 3.03. The topological polar surface area (TPSA) is 76.1 Å². The van der Waals surface area contributed by atoms with Crippen LogP contribution in [0, 0.1) is 0 Å². The lowest BCUT2D eigenvalue weighted by Crippen LogP contribution is -2.43. The van der Waals surface area contributed by atoms with Gasteiger partial charge in [0.2, 0.25) is 0 Å². The maximum Gasteiger partial charge on any atom is 0.326 e. The molecule has 1 amide bonds. The van der Waals surface area contributed by atoms with E-state index in [2.05, 4.69) is 0 Å². The Morgan fingerprint density at radius 3 is 2.68 bits per heavy atom. The number of hydrogen-bond acceptors (Lipinski definition) is 6. The minimum absolute atomic E-state index is 0.233. The van der Waals surface area contributed by atoms with E-state index >= 15 is 0 Å². The number of ether oxygens (including phenoxy) is 2. The molecular formula is C22H20ClNO5S2. The van der Waals surface area contributed by atoms with E-state index in [1.54, 1.807) is 37.3 Å². The molecule has 1 aliphatic heterocycles. The Hall–Kier alpha value is -2.55. The molecule has 2 aromatic carbocycles. The van der Waals surface area contributed by atoms with Crippen LogP contribution >= 0.6 is 35.6 Å². The molecule has 1 saturated heterocycles. The lowest BCUT2D eigenvalue weighted by molar-refractivity contribution is -0.145. The first-order valence-electron chi connectivity index (χ1n) is 9.39. The first kappa shape index (κ1) is 23.1. The second kappa shape index (κ2) is 10.2. The van der Waals surface area contributed by atoms with Gasteiger partial charge in [0.25, 0.3) is 5.91 Å². The maximum absolute atomic E-state index is 12.8. The van der Waals surface area contributed by atoms with Crippen LogP contribution in [0.15, 0.2) is 47.4 Å². The van der Waals surface area contributed by atoms with Crippen molar-refractivity contribution in [3.8, 4) is 11.5 Å². The van der Waals surface area contributed by atoms with Crippen molar-refractivity contribution < 1.29 is 24.2 Å². The number of aliphatic carboxylic acids is 1. The molecule has 1 aliphatic rings. The summed E-state index contributed by atoms with van der Waals surface area (Å²) in [5, 5.41) is 9.99. The Labute approximate surface area is 194 Å². The zero-order valence-electron chi connectivity index (χ0n) is 16.8. The van der Waals surface area contributed by atoms with E-state index in [0.717, 1.165) is 22.2 Å². The Bertz CT molecular complexity index is 1060. The second-order valence-corrected chi connectivity index (χ2v) is 8.69. The molecule has 6 nitrogen and oxygen atoms in total. The van der Waals surface area contributed by atoms with Crippen molar-refractivity contribution in [2.24, 2.45) is 0 Å². The third-order valence-electron chi connectivity index (χ3n) is 4.63. The Morgan fingerprint density at radius 1 is 1.29 bits per heavy atom. The van der Waals surface area contributed by atoms with E-state index in [0.29, 0.717) is 27.0 Å². The lowest BCUT2D eigenvalue weighted by atomic mass is 10.1. The van der Waals surface area contributed by atoms with Crippen LogP contribution in [0.3, 0.4) is 0 Å². The zero-order valence-corrected chi connectivity index (χ0v) is 19.2. The molecule has 1 unspecified atom stereocenters. The summed E-state index contributed by atoms with van der Waals surface area (Å²) < 4.78 is 11.5. The first-order chi connectivity index (χ1) is 14.8. The predicted octanol–water partition coefficient (Wildman–Crippen LogP) is 4.99. The number of halogens is 1. The van der Waals surface area contributed by atoms with Crippen LogP contribution in [-0.2, 0) is 16.2 Å². The molecule has 0 spiro atoms. The number of carbonyl (C=O) groups is 2. The molecule has 0 aromatic heterocycles. The molecule has 0 bridgehead atoms. The van der Waals surface area contributed by atoms with Crippen molar-refractivity contribution in [2.45, 2.75) is 26.0 Å². The van der Waals surface area contributed by atoms with Crippen molar-refractivity contribution >= 4 is 57.9 Å². The molecule has 162 valence electrons. The Kier molecular flexibility index (Phi) is 7.59. The average molecular weight is 478 g/mol. The van der Waals surface area contributed by atoms with E-state index in [9.17, 15) is 14.7 Å². The van der Waals surface area contributed by atoms with E-state index in [1.165, 1.54) is 7.11 Å². The van der Waals surface area contributed by atoms with Gasteiger partial charge in [0, 0.05) is 10.6 Å². The summed E-state index contributed by atoms with van der Waals surface area (Å²) >= 11 is 12.5. The zero-order chi connectivity index (χ0) is 22.5. The number of hydrogen-bond donors (Lipinski definition) is 1. The molecule has 0 radical (unpaired) electrons. The van der Waals surface area contributed by atoms with E-state index < -0.39 is 17.9 Å². The predicted molar refractivity (Wildman–Crippen MR) is 126 cm³/mol. The largest absolute Gasteiger partial charge is 0.493 e. The highest BCUT2D eigenvalue weighted by atomic mass is 35.5. The van der Waals surface area contributed by atoms with Gasteiger partial charge in [-0.05, 0) is 36.3 Å². The van der Waals surface area contributed by atoms with Gasteiger partial charge < -0.3 is 14.6 Å². The number of rotatable bonds is 8. The Balaban J connectivity index is 1.80. The molecule has 9 heteroatoms. The van der Waals surface area contributed by atoms with Crippen LogP contribution in [0.2, 0.25) is 5.02 Å². The molecule has 31 heavy (non-hydrogen) atoms. The molecule has 1 atom stereocenters. The number of carboxylic acids is 1. The summed E-state index contributed by atoms with van der Waals surface area (Å²) in [7, 11) is 1.53. The van der Waals surface area contributed by atoms with Crippen LogP contribution < -0.4 is 9.47 Å². The van der Waals surface area contributed by atoms with Crippen molar-refractivity contribution in [1.82, 2.24) is 4.90 Å². The summed E-state index contributed by atoms with van der Waals surface area (Å²) in [6, 6.07) is 11.7. The SMILES string of the molecule is CCC(C(=O)O)N1C(=O)C(=Cc2ccc(OCc3ccccc3Cl)c(OC)c2)SC1=S. The van der Waals surface area contributed by atoms with E-state index in [4.69, 9.17) is 33.3 Å². The molecule has 2 aromatic rings. The minimum Gasteiger partial charge on any atom is -0.493 e. The summed E-state index contributed by atoms with van der Waals surface area (Å²) in [4.78, 5) is 25.7. The number of thiocarbonyl (C=S) groups is 1. The molecule has 1 heterocycles. The number of methoxy groups -OCH3 is 1. The normalized spacial score (nSPS) is 16.0. The quantitative estimate of drug-likeness (QED) is 0.424. The van der Waals surface area contributed by atoms with Crippen molar-refractivity contribution in [2.75, 3.05) is 7.11 Å². The maximum atomic E-state index is 12.8. The smallest absolute Gasteiger partial charge is 0.326 e. The van der Waals surface area contributed by atoms with E-state index in [-0.39, 0.29) is 17.3 Å². The minimum atomic E-state index is -1.08. The van der Waals surface area contributed by atoms with Crippen molar-refractivity contribution in [3.05, 3.63) is 63.5 Å². The van der Waals surface area contributed by atoms with Gasteiger partial charge in [0.05, 0.1) is 12.0 Å². The van der Waals surface area contributed by atoms with Crippen molar-refractivity contribution in [3.63, 3.8) is 0 Å². The molecule has 1 fully saturated rings. The fraction of sp³-hybridized carbons (Fsp3) is 0.227. The molecule has 1 N–H and O–H groups in total. The first-order valence-corrected chi connectivity index (χ1v) is 11.0. The highest BCUT2D eigenvalue weighted by molar-refractivity contribution is 8.26. The van der Waals surface area contributed by atoms with Gasteiger partial charge in [-0.15, -0.1) is 0 Å². The van der Waals surface area contributed by atoms with Crippen molar-refractivity contribution in [1.29, 1.82) is 0 Å². The highest BCUT2D eigenvalue weighted by Gasteiger charge is 2.39. The number of benzene rings is 2. The van der Waals surface area contributed by atoms with Crippen LogP contribution in [0.5, 0.6) is 11.5 Å². The lowest BCUT2D eigenvalue weighted by Gasteiger charge is -2.21.